The molecule has 3 rings (SSSR count). The maximum Gasteiger partial charge on any atom is 0.164 e. The van der Waals surface area contributed by atoms with E-state index >= 15 is 0 Å². The molecule has 0 unspecified atom stereocenters. The number of anilines is 1. The minimum Gasteiger partial charge on any atom is -0.383 e. The summed E-state index contributed by atoms with van der Waals surface area (Å²) in [5, 5.41) is 3.40. The Kier molecular flexibility index (Phi) is 2.84. The van der Waals surface area contributed by atoms with E-state index in [0.29, 0.717) is 5.82 Å². The molecule has 0 spiro atoms. The molecule has 2 aromatic heterocycles. The molecule has 0 bridgehead atoms. The zero-order valence-corrected chi connectivity index (χ0v) is 11.9. The normalized spacial score (nSPS) is 16.3. The van der Waals surface area contributed by atoms with Crippen LogP contribution in [0, 0.1) is 20.8 Å². The van der Waals surface area contributed by atoms with Crippen molar-refractivity contribution in [2.45, 2.75) is 40.0 Å². The Balaban J connectivity index is 2.25. The third-order valence-corrected chi connectivity index (χ3v) is 4.08. The zero-order chi connectivity index (χ0) is 13.6. The number of hydrogen-bond donors (Lipinski definition) is 1. The molecule has 0 atom stereocenters. The number of nitrogens with zero attached hydrogens (tertiary/aromatic N) is 4. The van der Waals surface area contributed by atoms with Gasteiger partial charge in [0.1, 0.15) is 11.6 Å². The van der Waals surface area contributed by atoms with Crippen LogP contribution in [-0.2, 0) is 0 Å². The van der Waals surface area contributed by atoms with E-state index in [0.717, 1.165) is 29.9 Å². The van der Waals surface area contributed by atoms with E-state index in [-0.39, 0.29) is 0 Å². The molecule has 1 fully saturated rings. The Labute approximate surface area is 113 Å². The highest BCUT2D eigenvalue weighted by molar-refractivity contribution is 5.91. The van der Waals surface area contributed by atoms with Gasteiger partial charge in [0.25, 0.3) is 0 Å². The van der Waals surface area contributed by atoms with Crippen LogP contribution < -0.4 is 10.7 Å². The lowest BCUT2D eigenvalue weighted by molar-refractivity contribution is 0.480. The molecule has 1 aliphatic heterocycles. The van der Waals surface area contributed by atoms with Gasteiger partial charge in [-0.05, 0) is 45.6 Å². The smallest absolute Gasteiger partial charge is 0.164 e. The summed E-state index contributed by atoms with van der Waals surface area (Å²) in [6.45, 7) is 8.32. The predicted octanol–water partition coefficient (Wildman–Crippen LogP) is 2.06. The lowest BCUT2D eigenvalue weighted by Crippen LogP contribution is -2.39. The van der Waals surface area contributed by atoms with Gasteiger partial charge in [0.2, 0.25) is 0 Å². The van der Waals surface area contributed by atoms with Crippen LogP contribution >= 0.6 is 0 Å². The molecule has 0 amide bonds. The largest absolute Gasteiger partial charge is 0.383 e. The van der Waals surface area contributed by atoms with Crippen molar-refractivity contribution in [1.29, 1.82) is 0 Å². The summed E-state index contributed by atoms with van der Waals surface area (Å²) in [7, 11) is 0. The number of aryl methyl sites for hydroxylation is 2. The first-order valence-corrected chi connectivity index (χ1v) is 6.96. The molecule has 5 heteroatoms. The maximum absolute atomic E-state index is 6.09. The standard InChI is InChI=1S/C14H21N5/c1-9-10(2)19(18-7-5-4-6-8-18)14-12(9)13(15)16-11(3)17-14/h4-8H2,1-3H3,(H2,15,16,17). The molecule has 3 heterocycles. The number of rotatable bonds is 1. The van der Waals surface area contributed by atoms with Gasteiger partial charge < -0.3 is 10.7 Å². The molecule has 0 saturated carbocycles. The number of nitrogen functional groups attached to an aromatic ring is 1. The van der Waals surface area contributed by atoms with Crippen LogP contribution in [0.3, 0.4) is 0 Å². The van der Waals surface area contributed by atoms with Crippen molar-refractivity contribution >= 4 is 16.9 Å². The summed E-state index contributed by atoms with van der Waals surface area (Å²) in [6, 6.07) is 0. The van der Waals surface area contributed by atoms with E-state index in [1.165, 1.54) is 30.5 Å². The van der Waals surface area contributed by atoms with Gasteiger partial charge in [-0.3, -0.25) is 0 Å². The first kappa shape index (κ1) is 12.3. The van der Waals surface area contributed by atoms with Crippen molar-refractivity contribution in [3.8, 4) is 0 Å². The van der Waals surface area contributed by atoms with E-state index in [4.69, 9.17) is 5.73 Å². The van der Waals surface area contributed by atoms with Gasteiger partial charge in [-0.1, -0.05) is 0 Å². The second-order valence-electron chi connectivity index (χ2n) is 5.39. The lowest BCUT2D eigenvalue weighted by atomic mass is 10.2. The minimum absolute atomic E-state index is 0.596. The Morgan fingerprint density at radius 2 is 1.68 bits per heavy atom. The fourth-order valence-electron chi connectivity index (χ4n) is 3.01. The number of hydrogen-bond acceptors (Lipinski definition) is 4. The monoisotopic (exact) mass is 259 g/mol. The third-order valence-electron chi connectivity index (χ3n) is 4.08. The topological polar surface area (TPSA) is 60.0 Å². The number of aromatic nitrogens is 3. The van der Waals surface area contributed by atoms with E-state index in [1.54, 1.807) is 0 Å². The Morgan fingerprint density at radius 3 is 2.37 bits per heavy atom. The summed E-state index contributed by atoms with van der Waals surface area (Å²) in [4.78, 5) is 8.92. The van der Waals surface area contributed by atoms with Crippen molar-refractivity contribution in [3.05, 3.63) is 17.1 Å². The molecule has 5 nitrogen and oxygen atoms in total. The quantitative estimate of drug-likeness (QED) is 0.851. The maximum atomic E-state index is 6.09. The minimum atomic E-state index is 0.596. The van der Waals surface area contributed by atoms with Crippen LogP contribution in [0.4, 0.5) is 5.82 Å². The van der Waals surface area contributed by atoms with Gasteiger partial charge in [0.15, 0.2) is 5.65 Å². The van der Waals surface area contributed by atoms with Crippen LogP contribution in [0.2, 0.25) is 0 Å². The fraction of sp³-hybridized carbons (Fsp3) is 0.571. The first-order valence-electron chi connectivity index (χ1n) is 6.96. The van der Waals surface area contributed by atoms with Crippen molar-refractivity contribution in [2.24, 2.45) is 0 Å². The average Bonchev–Trinajstić information content (AvgIpc) is 2.63. The first-order chi connectivity index (χ1) is 9.09. The van der Waals surface area contributed by atoms with Crippen LogP contribution in [0.1, 0.15) is 36.3 Å². The highest BCUT2D eigenvalue weighted by Gasteiger charge is 2.21. The van der Waals surface area contributed by atoms with E-state index < -0.39 is 0 Å². The molecule has 0 aliphatic carbocycles. The molecule has 102 valence electrons. The Morgan fingerprint density at radius 1 is 1.00 bits per heavy atom. The van der Waals surface area contributed by atoms with Gasteiger partial charge in [-0.25, -0.2) is 14.6 Å². The summed E-state index contributed by atoms with van der Waals surface area (Å²) in [6.07, 6.45) is 3.82. The van der Waals surface area contributed by atoms with Gasteiger partial charge in [0, 0.05) is 18.8 Å². The Bertz CT molecular complexity index is 623. The van der Waals surface area contributed by atoms with Gasteiger partial charge >= 0.3 is 0 Å². The molecule has 2 aromatic rings. The number of nitrogens with two attached hydrogens (primary N) is 1. The summed E-state index contributed by atoms with van der Waals surface area (Å²) < 4.78 is 2.24. The molecular weight excluding hydrogens is 238 g/mol. The lowest BCUT2D eigenvalue weighted by Gasteiger charge is -2.31. The number of piperidine rings is 1. The molecule has 2 N–H and O–H groups in total. The third kappa shape index (κ3) is 1.84. The molecule has 1 aliphatic rings. The van der Waals surface area contributed by atoms with Crippen molar-refractivity contribution in [2.75, 3.05) is 23.8 Å². The Hall–Kier alpha value is -1.78. The number of fused-ring (bicyclic) bond motifs is 1. The molecular formula is C14H21N5. The van der Waals surface area contributed by atoms with Crippen LogP contribution in [0.25, 0.3) is 11.0 Å². The van der Waals surface area contributed by atoms with Gasteiger partial charge in [0.05, 0.1) is 5.39 Å². The van der Waals surface area contributed by atoms with Crippen LogP contribution in [-0.4, -0.2) is 27.7 Å². The van der Waals surface area contributed by atoms with Crippen molar-refractivity contribution in [3.63, 3.8) is 0 Å². The second-order valence-corrected chi connectivity index (χ2v) is 5.39. The van der Waals surface area contributed by atoms with Crippen LogP contribution in [0.15, 0.2) is 0 Å². The summed E-state index contributed by atoms with van der Waals surface area (Å²) in [5.41, 5.74) is 9.46. The van der Waals surface area contributed by atoms with Crippen molar-refractivity contribution < 1.29 is 0 Å². The summed E-state index contributed by atoms with van der Waals surface area (Å²) in [5.74, 6) is 1.33. The zero-order valence-electron chi connectivity index (χ0n) is 11.9. The van der Waals surface area contributed by atoms with Gasteiger partial charge in [-0.15, -0.1) is 0 Å². The molecule has 0 radical (unpaired) electrons. The predicted molar refractivity (Wildman–Crippen MR) is 78.0 cm³/mol. The van der Waals surface area contributed by atoms with Crippen LogP contribution in [0.5, 0.6) is 0 Å². The molecule has 19 heavy (non-hydrogen) atoms. The van der Waals surface area contributed by atoms with E-state index in [2.05, 4.69) is 33.5 Å². The van der Waals surface area contributed by atoms with Gasteiger partial charge in [-0.2, -0.15) is 0 Å². The second kappa shape index (κ2) is 4.40. The average molecular weight is 259 g/mol. The highest BCUT2D eigenvalue weighted by atomic mass is 15.6. The SMILES string of the molecule is Cc1nc(N)c2c(C)c(C)n(N3CCCCC3)c2n1. The highest BCUT2D eigenvalue weighted by Crippen LogP contribution is 2.28. The van der Waals surface area contributed by atoms with E-state index in [9.17, 15) is 0 Å². The molecule has 0 aromatic carbocycles. The summed E-state index contributed by atoms with van der Waals surface area (Å²) >= 11 is 0. The van der Waals surface area contributed by atoms with Crippen molar-refractivity contribution in [1.82, 2.24) is 14.6 Å². The molecule has 1 saturated heterocycles. The van der Waals surface area contributed by atoms with E-state index in [1.807, 2.05) is 6.92 Å². The fourth-order valence-corrected chi connectivity index (χ4v) is 3.01.